The van der Waals surface area contributed by atoms with E-state index in [9.17, 15) is 9.90 Å². The predicted octanol–water partition coefficient (Wildman–Crippen LogP) is 7.21. The summed E-state index contributed by atoms with van der Waals surface area (Å²) in [6.45, 7) is 3.32. The molecule has 0 saturated carbocycles. The number of hydrogen-bond acceptors (Lipinski definition) is 5. The highest BCUT2D eigenvalue weighted by atomic mass is 19.1. The summed E-state index contributed by atoms with van der Waals surface area (Å²) < 4.78 is 28.7. The van der Waals surface area contributed by atoms with Gasteiger partial charge >= 0.3 is 5.97 Å². The van der Waals surface area contributed by atoms with Crippen LogP contribution in [0.3, 0.4) is 0 Å². The van der Waals surface area contributed by atoms with Crippen molar-refractivity contribution in [2.45, 2.75) is 26.5 Å². The van der Waals surface area contributed by atoms with E-state index in [4.69, 9.17) is 9.47 Å². The normalized spacial score (nSPS) is 11.3. The first kappa shape index (κ1) is 28.1. The van der Waals surface area contributed by atoms with E-state index in [1.165, 1.54) is 23.1 Å². The van der Waals surface area contributed by atoms with E-state index in [-0.39, 0.29) is 17.8 Å². The molecule has 0 radical (unpaired) electrons. The number of halogens is 1. The molecule has 216 valence electrons. The molecule has 0 atom stereocenters. The fourth-order valence-electron chi connectivity index (χ4n) is 5.34. The number of pyridine rings is 1. The Hall–Kier alpha value is -5.08. The van der Waals surface area contributed by atoms with Gasteiger partial charge in [0.25, 0.3) is 0 Å². The summed E-state index contributed by atoms with van der Waals surface area (Å²) in [7, 11) is 1.60. The maximum atomic E-state index is 15.5. The Morgan fingerprint density at radius 2 is 1.72 bits per heavy atom. The highest BCUT2D eigenvalue weighted by molar-refractivity contribution is 5.92. The van der Waals surface area contributed by atoms with Gasteiger partial charge in [0.15, 0.2) is 0 Å². The number of nitrogens with zero attached hydrogens (tertiary/aromatic N) is 3. The molecule has 8 heteroatoms. The zero-order valence-corrected chi connectivity index (χ0v) is 23.9. The molecule has 0 saturated heterocycles. The van der Waals surface area contributed by atoms with Gasteiger partial charge < -0.3 is 19.1 Å². The second-order valence-electron chi connectivity index (χ2n) is 10.4. The van der Waals surface area contributed by atoms with Crippen LogP contribution in [0.25, 0.3) is 33.1 Å². The molecule has 0 spiro atoms. The molecule has 0 aliphatic carbocycles. The van der Waals surface area contributed by atoms with E-state index in [2.05, 4.69) is 41.2 Å². The fourth-order valence-corrected chi connectivity index (χ4v) is 5.34. The molecule has 0 bridgehead atoms. The first-order valence-corrected chi connectivity index (χ1v) is 14.0. The van der Waals surface area contributed by atoms with Crippen LogP contribution in [0.5, 0.6) is 5.88 Å². The molecule has 0 fully saturated rings. The average molecular weight is 576 g/mol. The third kappa shape index (κ3) is 5.82. The minimum atomic E-state index is -1.02. The number of rotatable bonds is 10. The van der Waals surface area contributed by atoms with E-state index in [0.717, 1.165) is 10.9 Å². The van der Waals surface area contributed by atoms with Crippen LogP contribution in [0.15, 0.2) is 91.0 Å². The minimum Gasteiger partial charge on any atom is -0.478 e. The highest BCUT2D eigenvalue weighted by Gasteiger charge is 2.16. The van der Waals surface area contributed by atoms with E-state index in [1.54, 1.807) is 31.4 Å². The van der Waals surface area contributed by atoms with Gasteiger partial charge in [0, 0.05) is 31.7 Å². The maximum Gasteiger partial charge on any atom is 0.335 e. The summed E-state index contributed by atoms with van der Waals surface area (Å²) in [5.74, 6) is -0.317. The number of aromatic nitrogens is 3. The molecular weight excluding hydrogens is 545 g/mol. The predicted molar refractivity (Wildman–Crippen MR) is 164 cm³/mol. The molecule has 7 nitrogen and oxygen atoms in total. The Kier molecular flexibility index (Phi) is 7.85. The number of carboxylic acid groups (broad SMARTS) is 1. The molecule has 6 aromatic rings. The second-order valence-corrected chi connectivity index (χ2v) is 10.4. The zero-order valence-electron chi connectivity index (χ0n) is 23.9. The first-order chi connectivity index (χ1) is 20.9. The van der Waals surface area contributed by atoms with Crippen LogP contribution in [0.1, 0.15) is 32.9 Å². The van der Waals surface area contributed by atoms with Crippen molar-refractivity contribution in [3.63, 3.8) is 0 Å². The summed E-state index contributed by atoms with van der Waals surface area (Å²) in [4.78, 5) is 20.9. The van der Waals surface area contributed by atoms with E-state index < -0.39 is 5.97 Å². The van der Waals surface area contributed by atoms with Crippen molar-refractivity contribution >= 4 is 27.8 Å². The van der Waals surface area contributed by atoms with Gasteiger partial charge in [-0.05, 0) is 64.7 Å². The Balaban J connectivity index is 1.23. The number of carboxylic acids is 1. The lowest BCUT2D eigenvalue weighted by molar-refractivity contribution is 0.0697. The van der Waals surface area contributed by atoms with Crippen LogP contribution >= 0.6 is 0 Å². The van der Waals surface area contributed by atoms with Crippen LogP contribution < -0.4 is 4.74 Å². The summed E-state index contributed by atoms with van der Waals surface area (Å²) in [5, 5.41) is 11.8. The topological polar surface area (TPSA) is 86.5 Å². The van der Waals surface area contributed by atoms with Gasteiger partial charge in [-0.25, -0.2) is 19.2 Å². The number of benzene rings is 4. The number of fused-ring (bicyclic) bond motifs is 2. The molecule has 1 N–H and O–H groups in total. The molecule has 4 aromatic carbocycles. The SMILES string of the molecule is COCCn1c(Cc2ccc(-c3cccc(OCc4ccc(C)c5ccccc45)n3)cc2F)nc2ccc(C(=O)O)cc21. The van der Waals surface area contributed by atoms with Gasteiger partial charge in [-0.15, -0.1) is 0 Å². The van der Waals surface area contributed by atoms with Crippen molar-refractivity contribution < 1.29 is 23.8 Å². The van der Waals surface area contributed by atoms with Gasteiger partial charge in [0.05, 0.1) is 28.9 Å². The molecule has 0 aliphatic heterocycles. The number of ether oxygens (including phenoxy) is 2. The third-order valence-electron chi connectivity index (χ3n) is 7.62. The standard InChI is InChI=1S/C35H30FN3O4/c1-22-10-11-26(28-7-4-3-6-27(22)28)21-43-34-9-5-8-30(38-34)24-13-12-23(29(36)18-24)20-33-37-31-15-14-25(35(40)41)19-32(31)39(33)16-17-42-2/h3-15,18-19H,16-17,20-21H2,1-2H3,(H,40,41). The lowest BCUT2D eigenvalue weighted by atomic mass is 10.0. The van der Waals surface area contributed by atoms with Crippen LogP contribution in [-0.2, 0) is 24.3 Å². The Morgan fingerprint density at radius 1 is 0.907 bits per heavy atom. The van der Waals surface area contributed by atoms with Crippen LogP contribution in [0, 0.1) is 12.7 Å². The largest absolute Gasteiger partial charge is 0.478 e. The van der Waals surface area contributed by atoms with E-state index >= 15 is 4.39 Å². The first-order valence-electron chi connectivity index (χ1n) is 14.0. The molecule has 43 heavy (non-hydrogen) atoms. The lowest BCUT2D eigenvalue weighted by Gasteiger charge is -2.12. The highest BCUT2D eigenvalue weighted by Crippen LogP contribution is 2.27. The second kappa shape index (κ2) is 12.0. The number of methoxy groups -OCH3 is 1. The summed E-state index contributed by atoms with van der Waals surface area (Å²) >= 11 is 0. The van der Waals surface area contributed by atoms with Gasteiger partial charge in [0.2, 0.25) is 5.88 Å². The van der Waals surface area contributed by atoms with Crippen LogP contribution in [-0.4, -0.2) is 39.3 Å². The molecule has 6 rings (SSSR count). The molecule has 0 amide bonds. The van der Waals surface area contributed by atoms with Gasteiger partial charge in [-0.1, -0.05) is 54.6 Å². The molecule has 2 heterocycles. The number of aromatic carboxylic acids is 1. The number of carbonyl (C=O) groups is 1. The monoisotopic (exact) mass is 575 g/mol. The zero-order chi connectivity index (χ0) is 29.9. The van der Waals surface area contributed by atoms with Gasteiger partial charge in [-0.3, -0.25) is 0 Å². The molecule has 0 unspecified atom stereocenters. The number of aryl methyl sites for hydroxylation is 1. The smallest absolute Gasteiger partial charge is 0.335 e. The fraction of sp³-hybridized carbons (Fsp3) is 0.171. The Labute approximate surface area is 248 Å². The number of imidazole rings is 1. The van der Waals surface area contributed by atoms with Gasteiger partial charge in [0.1, 0.15) is 18.2 Å². The Morgan fingerprint density at radius 3 is 2.51 bits per heavy atom. The third-order valence-corrected chi connectivity index (χ3v) is 7.62. The quantitative estimate of drug-likeness (QED) is 0.186. The summed E-state index contributed by atoms with van der Waals surface area (Å²) in [6, 6.07) is 27.7. The van der Waals surface area contributed by atoms with Crippen LogP contribution in [0.4, 0.5) is 4.39 Å². The maximum absolute atomic E-state index is 15.5. The Bertz CT molecular complexity index is 1970. The van der Waals surface area contributed by atoms with Crippen molar-refractivity contribution in [3.8, 4) is 17.1 Å². The molecular formula is C35H30FN3O4. The molecule has 0 aliphatic rings. The lowest BCUT2D eigenvalue weighted by Crippen LogP contribution is -2.10. The van der Waals surface area contributed by atoms with Crippen molar-refractivity contribution in [2.24, 2.45) is 0 Å². The van der Waals surface area contributed by atoms with Crippen molar-refractivity contribution in [1.82, 2.24) is 14.5 Å². The van der Waals surface area contributed by atoms with Crippen molar-refractivity contribution in [3.05, 3.63) is 125 Å². The van der Waals surface area contributed by atoms with Crippen molar-refractivity contribution in [2.75, 3.05) is 13.7 Å². The number of hydrogen-bond donors (Lipinski definition) is 1. The summed E-state index contributed by atoms with van der Waals surface area (Å²) in [5.41, 5.74) is 5.46. The summed E-state index contributed by atoms with van der Waals surface area (Å²) in [6.07, 6.45) is 0.230. The van der Waals surface area contributed by atoms with Gasteiger partial charge in [-0.2, -0.15) is 0 Å². The minimum absolute atomic E-state index is 0.166. The molecule has 2 aromatic heterocycles. The average Bonchev–Trinajstić information content (AvgIpc) is 3.37. The van der Waals surface area contributed by atoms with Crippen LogP contribution in [0.2, 0.25) is 0 Å². The van der Waals surface area contributed by atoms with E-state index in [0.29, 0.717) is 59.3 Å². The van der Waals surface area contributed by atoms with E-state index in [1.807, 2.05) is 34.9 Å². The van der Waals surface area contributed by atoms with Crippen molar-refractivity contribution in [1.29, 1.82) is 0 Å².